The van der Waals surface area contributed by atoms with Gasteiger partial charge >= 0.3 is 0 Å². The smallest absolute Gasteiger partial charge is 0.240 e. The highest BCUT2D eigenvalue weighted by molar-refractivity contribution is 7.89. The molecule has 0 heterocycles. The molecule has 7 heteroatoms. The van der Waals surface area contributed by atoms with Crippen molar-refractivity contribution in [2.75, 3.05) is 25.9 Å². The number of hydrogen-bond donors (Lipinski definition) is 2. The van der Waals surface area contributed by atoms with Crippen LogP contribution in [0.25, 0.3) is 0 Å². The van der Waals surface area contributed by atoms with E-state index in [1.165, 1.54) is 11.8 Å². The first-order valence-corrected chi connectivity index (χ1v) is 6.94. The van der Waals surface area contributed by atoms with Crippen LogP contribution in [-0.4, -0.2) is 51.2 Å². The molecule has 0 radical (unpaired) electrons. The number of likely N-dealkylation sites (N-methyl/N-ethyl adjacent to an activating group) is 1. The van der Waals surface area contributed by atoms with E-state index in [1.807, 2.05) is 6.92 Å². The first-order chi connectivity index (χ1) is 7.34. The summed E-state index contributed by atoms with van der Waals surface area (Å²) >= 11 is 0. The zero-order valence-electron chi connectivity index (χ0n) is 10.1. The topological polar surface area (TPSA) is 92.5 Å². The van der Waals surface area contributed by atoms with E-state index >= 15 is 0 Å². The first-order valence-electron chi connectivity index (χ1n) is 5.29. The van der Waals surface area contributed by atoms with Crippen molar-refractivity contribution >= 4 is 15.9 Å². The van der Waals surface area contributed by atoms with Gasteiger partial charge in [0.05, 0.1) is 11.8 Å². The zero-order valence-corrected chi connectivity index (χ0v) is 10.9. The monoisotopic (exact) mass is 251 g/mol. The molecule has 0 aromatic heterocycles. The van der Waals surface area contributed by atoms with Gasteiger partial charge in [-0.05, 0) is 26.8 Å². The summed E-state index contributed by atoms with van der Waals surface area (Å²) in [4.78, 5) is 13.1. The van der Waals surface area contributed by atoms with E-state index in [-0.39, 0.29) is 11.7 Å². The summed E-state index contributed by atoms with van der Waals surface area (Å²) in [7, 11) is -1.78. The van der Waals surface area contributed by atoms with Crippen LogP contribution in [0.4, 0.5) is 0 Å². The second kappa shape index (κ2) is 6.82. The molecular formula is C9H21N3O3S. The summed E-state index contributed by atoms with van der Waals surface area (Å²) in [6, 6.07) is -0.729. The molecule has 0 aromatic carbocycles. The average Bonchev–Trinajstić information content (AvgIpc) is 2.23. The molecule has 6 nitrogen and oxygen atoms in total. The lowest BCUT2D eigenvalue weighted by atomic mass is 10.3. The molecule has 1 atom stereocenters. The largest absolute Gasteiger partial charge is 0.345 e. The minimum absolute atomic E-state index is 0.0447. The van der Waals surface area contributed by atoms with Crippen LogP contribution >= 0.6 is 0 Å². The molecule has 1 amide bonds. The van der Waals surface area contributed by atoms with E-state index in [4.69, 9.17) is 5.73 Å². The fourth-order valence-corrected chi connectivity index (χ4v) is 2.44. The molecule has 0 saturated carbocycles. The van der Waals surface area contributed by atoms with Gasteiger partial charge in [-0.3, -0.25) is 4.79 Å². The number of nitrogens with one attached hydrogen (secondary N) is 1. The summed E-state index contributed by atoms with van der Waals surface area (Å²) in [5, 5.41) is 0. The highest BCUT2D eigenvalue weighted by Crippen LogP contribution is 1.96. The van der Waals surface area contributed by atoms with Gasteiger partial charge in [-0.1, -0.05) is 0 Å². The average molecular weight is 251 g/mol. The van der Waals surface area contributed by atoms with Gasteiger partial charge < -0.3 is 10.6 Å². The summed E-state index contributed by atoms with van der Waals surface area (Å²) < 4.78 is 25.3. The molecule has 0 aliphatic carbocycles. The van der Waals surface area contributed by atoms with Crippen LogP contribution in [0, 0.1) is 0 Å². The Bertz CT molecular complexity index is 316. The number of rotatable bonds is 7. The maximum atomic E-state index is 11.6. The molecular weight excluding hydrogens is 230 g/mol. The second-order valence-electron chi connectivity index (χ2n) is 3.65. The number of hydrogen-bond acceptors (Lipinski definition) is 4. The van der Waals surface area contributed by atoms with Gasteiger partial charge in [0, 0.05) is 13.6 Å². The van der Waals surface area contributed by atoms with E-state index in [0.29, 0.717) is 19.5 Å². The summed E-state index contributed by atoms with van der Waals surface area (Å²) in [5.74, 6) is -0.282. The van der Waals surface area contributed by atoms with Crippen LogP contribution in [-0.2, 0) is 14.8 Å². The highest BCUT2D eigenvalue weighted by atomic mass is 32.2. The van der Waals surface area contributed by atoms with E-state index in [2.05, 4.69) is 4.72 Å². The Morgan fingerprint density at radius 2 is 2.06 bits per heavy atom. The molecule has 0 saturated heterocycles. The maximum Gasteiger partial charge on any atom is 0.240 e. The third-order valence-corrected chi connectivity index (χ3v) is 3.73. The minimum Gasteiger partial charge on any atom is -0.345 e. The number of carbonyl (C=O) groups is 1. The Morgan fingerprint density at radius 3 is 2.50 bits per heavy atom. The Morgan fingerprint density at radius 1 is 1.50 bits per heavy atom. The number of nitrogens with zero attached hydrogens (tertiary/aromatic N) is 1. The highest BCUT2D eigenvalue weighted by Gasteiger charge is 2.21. The Kier molecular flexibility index (Phi) is 6.54. The summed E-state index contributed by atoms with van der Waals surface area (Å²) in [6.45, 7) is 4.23. The van der Waals surface area contributed by atoms with Gasteiger partial charge in [-0.2, -0.15) is 0 Å². The summed E-state index contributed by atoms with van der Waals surface area (Å²) in [6.07, 6.45) is 0.389. The van der Waals surface area contributed by atoms with Crippen molar-refractivity contribution in [3.8, 4) is 0 Å². The van der Waals surface area contributed by atoms with Crippen molar-refractivity contribution < 1.29 is 13.2 Å². The van der Waals surface area contributed by atoms with Crippen LogP contribution in [0.15, 0.2) is 0 Å². The molecule has 3 N–H and O–H groups in total. The van der Waals surface area contributed by atoms with E-state index in [0.717, 1.165) is 0 Å². The SMILES string of the molecule is CCN(C)C(=O)C(C)NS(=O)(=O)CCCN. The molecule has 0 aliphatic rings. The van der Waals surface area contributed by atoms with Crippen LogP contribution in [0.2, 0.25) is 0 Å². The Balaban J connectivity index is 4.33. The number of carbonyl (C=O) groups excluding carboxylic acids is 1. The second-order valence-corrected chi connectivity index (χ2v) is 5.53. The van der Waals surface area contributed by atoms with Crippen molar-refractivity contribution in [2.45, 2.75) is 26.3 Å². The predicted molar refractivity (Wildman–Crippen MR) is 63.4 cm³/mol. The Labute approximate surface area is 97.2 Å². The van der Waals surface area contributed by atoms with E-state index < -0.39 is 16.1 Å². The molecule has 0 bridgehead atoms. The van der Waals surface area contributed by atoms with Crippen LogP contribution in [0.3, 0.4) is 0 Å². The maximum absolute atomic E-state index is 11.6. The van der Waals surface area contributed by atoms with Crippen LogP contribution in [0.5, 0.6) is 0 Å². The Hall–Kier alpha value is -0.660. The summed E-state index contributed by atoms with van der Waals surface area (Å²) in [5.41, 5.74) is 5.23. The van der Waals surface area contributed by atoms with Crippen LogP contribution < -0.4 is 10.5 Å². The van der Waals surface area contributed by atoms with Crippen molar-refractivity contribution in [2.24, 2.45) is 5.73 Å². The number of nitrogens with two attached hydrogens (primary N) is 1. The molecule has 0 aliphatic heterocycles. The van der Waals surface area contributed by atoms with Gasteiger partial charge in [0.15, 0.2) is 0 Å². The number of amides is 1. The third-order valence-electron chi connectivity index (χ3n) is 2.19. The molecule has 16 heavy (non-hydrogen) atoms. The standard InChI is InChI=1S/C9H21N3O3S/c1-4-12(3)9(13)8(2)11-16(14,15)7-5-6-10/h8,11H,4-7,10H2,1-3H3. The first kappa shape index (κ1) is 15.3. The minimum atomic E-state index is -3.41. The molecule has 0 spiro atoms. The zero-order chi connectivity index (χ0) is 12.8. The molecule has 0 fully saturated rings. The van der Waals surface area contributed by atoms with Gasteiger partial charge in [0.1, 0.15) is 0 Å². The van der Waals surface area contributed by atoms with Gasteiger partial charge in [-0.25, -0.2) is 13.1 Å². The predicted octanol–water partition coefficient (Wildman–Crippen LogP) is -0.879. The molecule has 0 rings (SSSR count). The lowest BCUT2D eigenvalue weighted by Gasteiger charge is -2.20. The molecule has 1 unspecified atom stereocenters. The normalized spacial score (nSPS) is 13.5. The van der Waals surface area contributed by atoms with Gasteiger partial charge in [-0.15, -0.1) is 0 Å². The molecule has 96 valence electrons. The van der Waals surface area contributed by atoms with Gasteiger partial charge in [0.25, 0.3) is 0 Å². The lowest BCUT2D eigenvalue weighted by Crippen LogP contribution is -2.46. The molecule has 0 aromatic rings. The van der Waals surface area contributed by atoms with E-state index in [1.54, 1.807) is 7.05 Å². The van der Waals surface area contributed by atoms with Gasteiger partial charge in [0.2, 0.25) is 15.9 Å². The number of sulfonamides is 1. The third kappa shape index (κ3) is 5.43. The van der Waals surface area contributed by atoms with Crippen molar-refractivity contribution in [3.05, 3.63) is 0 Å². The fourth-order valence-electron chi connectivity index (χ4n) is 1.14. The quantitative estimate of drug-likeness (QED) is 0.614. The van der Waals surface area contributed by atoms with E-state index in [9.17, 15) is 13.2 Å². The van der Waals surface area contributed by atoms with Crippen molar-refractivity contribution in [1.29, 1.82) is 0 Å². The fraction of sp³-hybridized carbons (Fsp3) is 0.889. The lowest BCUT2D eigenvalue weighted by molar-refractivity contribution is -0.131. The van der Waals surface area contributed by atoms with Crippen LogP contribution in [0.1, 0.15) is 20.3 Å². The van der Waals surface area contributed by atoms with Crippen molar-refractivity contribution in [1.82, 2.24) is 9.62 Å². The van der Waals surface area contributed by atoms with Crippen molar-refractivity contribution in [3.63, 3.8) is 0 Å².